The number of pyridine rings is 1. The predicted molar refractivity (Wildman–Crippen MR) is 127 cm³/mol. The molecule has 0 aliphatic rings. The molecule has 1 aromatic heterocycles. The van der Waals surface area contributed by atoms with E-state index in [1.54, 1.807) is 0 Å². The van der Waals surface area contributed by atoms with Crippen LogP contribution in [0.2, 0.25) is 5.02 Å². The number of hydrogen-bond donors (Lipinski definition) is 2. The van der Waals surface area contributed by atoms with Crippen molar-refractivity contribution in [3.8, 4) is 0 Å². The van der Waals surface area contributed by atoms with Crippen LogP contribution in [-0.2, 0) is 16.5 Å². The van der Waals surface area contributed by atoms with Crippen molar-refractivity contribution in [2.75, 3.05) is 0 Å². The van der Waals surface area contributed by atoms with E-state index in [0.717, 1.165) is 18.3 Å². The number of alkyl halides is 9. The maximum Gasteiger partial charge on any atom is 0.426 e. The molecule has 0 unspecified atom stereocenters. The lowest BCUT2D eigenvalue weighted by atomic mass is 9.76. The number of amides is 1. The molecule has 2 aromatic carbocycles. The van der Waals surface area contributed by atoms with Crippen LogP contribution in [0.1, 0.15) is 28.8 Å². The second-order valence-corrected chi connectivity index (χ2v) is 9.20. The Bertz CT molecular complexity index is 1410. The van der Waals surface area contributed by atoms with E-state index in [4.69, 9.17) is 11.6 Å². The molecular formula is C26H17ClF10N2O2. The Hall–Kier alpha value is -3.65. The molecule has 1 amide bonds. The highest BCUT2D eigenvalue weighted by Gasteiger charge is 2.71. The Morgan fingerprint density at radius 2 is 1.44 bits per heavy atom. The van der Waals surface area contributed by atoms with E-state index < -0.39 is 70.2 Å². The summed E-state index contributed by atoms with van der Waals surface area (Å²) < 4.78 is 136. The van der Waals surface area contributed by atoms with Crippen LogP contribution >= 0.6 is 11.6 Å². The van der Waals surface area contributed by atoms with Crippen molar-refractivity contribution >= 4 is 23.1 Å². The fraction of sp³-hybridized carbons (Fsp3) is 0.231. The number of aromatic nitrogens is 1. The van der Waals surface area contributed by atoms with Crippen molar-refractivity contribution in [2.24, 2.45) is 0 Å². The average molecular weight is 615 g/mol. The molecule has 41 heavy (non-hydrogen) atoms. The van der Waals surface area contributed by atoms with E-state index >= 15 is 0 Å². The van der Waals surface area contributed by atoms with E-state index in [9.17, 15) is 53.8 Å². The Morgan fingerprint density at radius 1 is 0.878 bits per heavy atom. The minimum atomic E-state index is -6.40. The molecule has 0 fully saturated rings. The summed E-state index contributed by atoms with van der Waals surface area (Å²) in [5.41, 5.74) is -11.6. The maximum atomic E-state index is 14.6. The standard InChI is InChI=1S/C26H17ClF10N2O2/c1-14(15-5-3-2-4-6-15)23(20-8-7-18(27)13-38-20,16-9-17(24(29,30)31)11-19(28)10-16)39-21(40)12-22(41,25(32,33)34)26(35,36)37/h2-11,13,41H,1,12H2,(H,39,40)/t23-/m0/s1. The van der Waals surface area contributed by atoms with E-state index in [-0.39, 0.29) is 16.7 Å². The molecule has 0 spiro atoms. The molecule has 2 N–H and O–H groups in total. The molecule has 0 aliphatic carbocycles. The van der Waals surface area contributed by atoms with Crippen LogP contribution in [0.5, 0.6) is 0 Å². The summed E-state index contributed by atoms with van der Waals surface area (Å²) in [6.45, 7) is 3.74. The maximum absolute atomic E-state index is 14.6. The zero-order valence-electron chi connectivity index (χ0n) is 20.2. The third kappa shape index (κ3) is 6.32. The summed E-state index contributed by atoms with van der Waals surface area (Å²) in [6, 6.07) is 9.91. The molecule has 1 atom stereocenters. The van der Waals surface area contributed by atoms with Gasteiger partial charge in [0.2, 0.25) is 5.91 Å². The van der Waals surface area contributed by atoms with Crippen LogP contribution in [0.15, 0.2) is 73.4 Å². The van der Waals surface area contributed by atoms with Gasteiger partial charge >= 0.3 is 18.5 Å². The Labute approximate surface area is 230 Å². The van der Waals surface area contributed by atoms with Crippen molar-refractivity contribution in [2.45, 2.75) is 36.1 Å². The molecule has 3 rings (SSSR count). The van der Waals surface area contributed by atoms with Crippen LogP contribution in [0, 0.1) is 5.82 Å². The molecular weight excluding hydrogens is 598 g/mol. The Morgan fingerprint density at radius 3 is 1.93 bits per heavy atom. The van der Waals surface area contributed by atoms with Gasteiger partial charge < -0.3 is 10.4 Å². The van der Waals surface area contributed by atoms with Crippen molar-refractivity contribution in [1.82, 2.24) is 10.3 Å². The van der Waals surface area contributed by atoms with E-state index in [2.05, 4.69) is 11.6 Å². The van der Waals surface area contributed by atoms with Gasteiger partial charge in [-0.05, 0) is 47.0 Å². The van der Waals surface area contributed by atoms with Gasteiger partial charge in [0.25, 0.3) is 5.60 Å². The van der Waals surface area contributed by atoms with Gasteiger partial charge in [-0.2, -0.15) is 39.5 Å². The van der Waals surface area contributed by atoms with Gasteiger partial charge in [-0.1, -0.05) is 48.5 Å². The Kier molecular flexibility index (Phi) is 8.53. The molecule has 0 aliphatic heterocycles. The lowest BCUT2D eigenvalue weighted by Gasteiger charge is -2.39. The molecule has 0 radical (unpaired) electrons. The number of nitrogens with zero attached hydrogens (tertiary/aromatic N) is 1. The van der Waals surface area contributed by atoms with E-state index in [1.807, 2.05) is 5.32 Å². The van der Waals surface area contributed by atoms with Gasteiger partial charge in [0.05, 0.1) is 22.7 Å². The van der Waals surface area contributed by atoms with Crippen LogP contribution in [0.25, 0.3) is 5.57 Å². The summed E-state index contributed by atoms with van der Waals surface area (Å²) >= 11 is 5.84. The van der Waals surface area contributed by atoms with E-state index in [1.165, 1.54) is 30.3 Å². The number of nitrogens with one attached hydrogen (secondary N) is 1. The third-order valence-electron chi connectivity index (χ3n) is 6.03. The second-order valence-electron chi connectivity index (χ2n) is 8.76. The molecule has 1 heterocycles. The molecule has 15 heteroatoms. The first kappa shape index (κ1) is 31.9. The fourth-order valence-corrected chi connectivity index (χ4v) is 4.07. The lowest BCUT2D eigenvalue weighted by Crippen LogP contribution is -2.60. The van der Waals surface area contributed by atoms with Crippen molar-refractivity contribution in [3.63, 3.8) is 0 Å². The number of carbonyl (C=O) groups is 1. The van der Waals surface area contributed by atoms with Gasteiger partial charge in [0, 0.05) is 6.20 Å². The van der Waals surface area contributed by atoms with Crippen molar-refractivity contribution in [1.29, 1.82) is 0 Å². The van der Waals surface area contributed by atoms with Crippen LogP contribution in [0.3, 0.4) is 0 Å². The van der Waals surface area contributed by atoms with Gasteiger partial charge in [0.1, 0.15) is 11.4 Å². The number of rotatable bonds is 7. The minimum absolute atomic E-state index is 0.0178. The molecule has 0 saturated heterocycles. The number of hydrogen-bond acceptors (Lipinski definition) is 3. The zero-order chi connectivity index (χ0) is 31.0. The van der Waals surface area contributed by atoms with Gasteiger partial charge in [0.15, 0.2) is 0 Å². The molecule has 220 valence electrons. The monoisotopic (exact) mass is 614 g/mol. The highest BCUT2D eigenvalue weighted by molar-refractivity contribution is 6.30. The number of halogens is 11. The highest BCUT2D eigenvalue weighted by atomic mass is 35.5. The first-order valence-electron chi connectivity index (χ1n) is 11.1. The Balaban J connectivity index is 2.38. The predicted octanol–water partition coefficient (Wildman–Crippen LogP) is 7.21. The van der Waals surface area contributed by atoms with Crippen LogP contribution < -0.4 is 5.32 Å². The number of benzene rings is 2. The normalized spacial score (nSPS) is 14.3. The quantitative estimate of drug-likeness (QED) is 0.277. The summed E-state index contributed by atoms with van der Waals surface area (Å²) in [5, 5.41) is 11.4. The van der Waals surface area contributed by atoms with Gasteiger partial charge in [-0.15, -0.1) is 0 Å². The molecule has 3 aromatic rings. The van der Waals surface area contributed by atoms with E-state index in [0.29, 0.717) is 12.1 Å². The van der Waals surface area contributed by atoms with Crippen LogP contribution in [-0.4, -0.2) is 34.0 Å². The largest absolute Gasteiger partial charge is 0.426 e. The molecule has 0 saturated carbocycles. The fourth-order valence-electron chi connectivity index (χ4n) is 3.96. The first-order valence-corrected chi connectivity index (χ1v) is 11.5. The highest BCUT2D eigenvalue weighted by Crippen LogP contribution is 2.47. The van der Waals surface area contributed by atoms with Gasteiger partial charge in [-0.3, -0.25) is 9.78 Å². The van der Waals surface area contributed by atoms with Crippen molar-refractivity contribution < 1.29 is 53.8 Å². The molecule has 0 bridgehead atoms. The lowest BCUT2D eigenvalue weighted by molar-refractivity contribution is -0.367. The number of carbonyl (C=O) groups excluding carboxylic acids is 1. The zero-order valence-corrected chi connectivity index (χ0v) is 21.0. The first-order chi connectivity index (χ1) is 18.7. The minimum Gasteiger partial charge on any atom is -0.373 e. The van der Waals surface area contributed by atoms with Crippen LogP contribution in [0.4, 0.5) is 43.9 Å². The summed E-state index contributed by atoms with van der Waals surface area (Å²) in [4.78, 5) is 16.9. The molecule has 4 nitrogen and oxygen atoms in total. The summed E-state index contributed by atoms with van der Waals surface area (Å²) in [7, 11) is 0. The topological polar surface area (TPSA) is 62.2 Å². The van der Waals surface area contributed by atoms with Crippen molar-refractivity contribution in [3.05, 3.63) is 107 Å². The third-order valence-corrected chi connectivity index (χ3v) is 6.25. The summed E-state index contributed by atoms with van der Waals surface area (Å²) in [6.07, 6.45) is -19.7. The average Bonchev–Trinajstić information content (AvgIpc) is 2.85. The smallest absolute Gasteiger partial charge is 0.373 e. The second kappa shape index (κ2) is 11.0. The SMILES string of the molecule is C=C(c1ccccc1)[C@](NC(=O)CC(O)(C(F)(F)F)C(F)(F)F)(c1cc(F)cc(C(F)(F)F)c1)c1ccc(Cl)cn1. The summed E-state index contributed by atoms with van der Waals surface area (Å²) in [5.74, 6) is -3.67. The number of aliphatic hydroxyl groups is 1. The van der Waals surface area contributed by atoms with Gasteiger partial charge in [-0.25, -0.2) is 4.39 Å².